The fraction of sp³-hybridized carbons (Fsp3) is 0.364. The molecule has 1 aliphatic heterocycles. The summed E-state index contributed by atoms with van der Waals surface area (Å²) in [6.45, 7) is 4.89. The van der Waals surface area contributed by atoms with E-state index in [1.54, 1.807) is 0 Å². The number of para-hydroxylation sites is 1. The van der Waals surface area contributed by atoms with E-state index >= 15 is 0 Å². The summed E-state index contributed by atoms with van der Waals surface area (Å²) >= 11 is 0. The van der Waals surface area contributed by atoms with Gasteiger partial charge in [-0.15, -0.1) is 13.2 Å². The highest BCUT2D eigenvalue weighted by atomic mass is 19.4. The average Bonchev–Trinajstić information content (AvgIpc) is 2.78. The summed E-state index contributed by atoms with van der Waals surface area (Å²) in [7, 11) is 0. The molecule has 0 aromatic heterocycles. The van der Waals surface area contributed by atoms with Crippen LogP contribution in [0.25, 0.3) is 0 Å². The molecule has 2 amide bonds. The lowest BCUT2D eigenvalue weighted by Crippen LogP contribution is -2.47. The molecule has 0 aliphatic carbocycles. The van der Waals surface area contributed by atoms with Gasteiger partial charge in [-0.2, -0.15) is 0 Å². The number of benzene rings is 2. The molecule has 0 saturated carbocycles. The first-order valence-electron chi connectivity index (χ1n) is 10.3. The highest BCUT2D eigenvalue weighted by Gasteiger charge is 2.31. The van der Waals surface area contributed by atoms with Crippen molar-refractivity contribution in [1.82, 2.24) is 10.2 Å². The largest absolute Gasteiger partial charge is 0.573 e. The molecule has 0 atom stereocenters. The van der Waals surface area contributed by atoms with Crippen molar-refractivity contribution in [1.29, 1.82) is 0 Å². The standard InChI is InChI=1S/C22H25F3N4O3/c23-22(24,25)32-19-9-7-17(8-10-19)27-21(31)20(30)26-11-4-12-28-13-15-29(16-14-28)18-5-2-1-3-6-18/h1-3,5-10H,4,11-16H2,(H,26,30)(H,27,31). The number of amides is 2. The summed E-state index contributed by atoms with van der Waals surface area (Å²) in [5.74, 6) is -2.09. The smallest absolute Gasteiger partial charge is 0.406 e. The van der Waals surface area contributed by atoms with Crippen LogP contribution in [0.2, 0.25) is 0 Å². The summed E-state index contributed by atoms with van der Waals surface area (Å²) in [6.07, 6.45) is -4.09. The fourth-order valence-electron chi connectivity index (χ4n) is 3.38. The van der Waals surface area contributed by atoms with Gasteiger partial charge in [-0.25, -0.2) is 0 Å². The number of carbonyl (C=O) groups excluding carboxylic acids is 2. The number of piperazine rings is 1. The zero-order valence-corrected chi connectivity index (χ0v) is 17.4. The molecule has 0 bridgehead atoms. The third-order valence-corrected chi connectivity index (χ3v) is 4.98. The van der Waals surface area contributed by atoms with E-state index < -0.39 is 23.9 Å². The zero-order valence-electron chi connectivity index (χ0n) is 17.4. The third-order valence-electron chi connectivity index (χ3n) is 4.98. The maximum atomic E-state index is 12.2. The summed E-state index contributed by atoms with van der Waals surface area (Å²) in [4.78, 5) is 28.5. The van der Waals surface area contributed by atoms with Gasteiger partial charge in [0.25, 0.3) is 0 Å². The maximum Gasteiger partial charge on any atom is 0.573 e. The molecular formula is C22H25F3N4O3. The zero-order chi connectivity index (χ0) is 23.0. The number of nitrogens with one attached hydrogen (secondary N) is 2. The van der Waals surface area contributed by atoms with Gasteiger partial charge in [-0.3, -0.25) is 14.5 Å². The van der Waals surface area contributed by atoms with Crippen LogP contribution in [0.4, 0.5) is 24.5 Å². The van der Waals surface area contributed by atoms with E-state index in [4.69, 9.17) is 0 Å². The Morgan fingerprint density at radius 2 is 1.56 bits per heavy atom. The Kier molecular flexibility index (Phi) is 7.93. The molecule has 7 nitrogen and oxygen atoms in total. The molecular weight excluding hydrogens is 425 g/mol. The van der Waals surface area contributed by atoms with Crippen LogP contribution in [0.15, 0.2) is 54.6 Å². The minimum Gasteiger partial charge on any atom is -0.406 e. The summed E-state index contributed by atoms with van der Waals surface area (Å²) in [6, 6.07) is 14.8. The van der Waals surface area contributed by atoms with Crippen molar-refractivity contribution in [2.45, 2.75) is 12.8 Å². The molecule has 10 heteroatoms. The molecule has 0 unspecified atom stereocenters. The molecule has 2 aromatic rings. The minimum absolute atomic E-state index is 0.191. The van der Waals surface area contributed by atoms with Gasteiger partial charge in [0.1, 0.15) is 5.75 Å². The Bertz CT molecular complexity index is 884. The summed E-state index contributed by atoms with van der Waals surface area (Å²) in [5, 5.41) is 4.90. The molecule has 1 fully saturated rings. The molecule has 1 aliphatic rings. The van der Waals surface area contributed by atoms with E-state index in [0.717, 1.165) is 44.9 Å². The molecule has 3 rings (SSSR count). The fourth-order valence-corrected chi connectivity index (χ4v) is 3.38. The molecule has 2 N–H and O–H groups in total. The van der Waals surface area contributed by atoms with Crippen molar-refractivity contribution < 1.29 is 27.5 Å². The number of halogens is 3. The molecule has 1 saturated heterocycles. The van der Waals surface area contributed by atoms with Crippen LogP contribution in [-0.4, -0.2) is 62.3 Å². The lowest BCUT2D eigenvalue weighted by atomic mass is 10.2. The predicted molar refractivity (Wildman–Crippen MR) is 114 cm³/mol. The Morgan fingerprint density at radius 1 is 0.906 bits per heavy atom. The van der Waals surface area contributed by atoms with Crippen LogP contribution in [0, 0.1) is 0 Å². The second-order valence-electron chi connectivity index (χ2n) is 7.30. The molecule has 0 spiro atoms. The molecule has 32 heavy (non-hydrogen) atoms. The number of ether oxygens (including phenoxy) is 1. The number of rotatable bonds is 7. The van der Waals surface area contributed by atoms with Crippen LogP contribution in [0.5, 0.6) is 5.75 Å². The molecule has 2 aromatic carbocycles. The van der Waals surface area contributed by atoms with Crippen molar-refractivity contribution in [2.75, 3.05) is 49.5 Å². The van der Waals surface area contributed by atoms with Crippen LogP contribution >= 0.6 is 0 Å². The van der Waals surface area contributed by atoms with Gasteiger partial charge < -0.3 is 20.3 Å². The first-order chi connectivity index (χ1) is 15.3. The van der Waals surface area contributed by atoms with Gasteiger partial charge in [0.05, 0.1) is 0 Å². The number of hydrogen-bond acceptors (Lipinski definition) is 5. The quantitative estimate of drug-likeness (QED) is 0.501. The average molecular weight is 450 g/mol. The first-order valence-corrected chi connectivity index (χ1v) is 10.3. The number of alkyl halides is 3. The Morgan fingerprint density at radius 3 is 2.19 bits per heavy atom. The SMILES string of the molecule is O=C(NCCCN1CCN(c2ccccc2)CC1)C(=O)Nc1ccc(OC(F)(F)F)cc1. The number of anilines is 2. The Labute approximate surface area is 184 Å². The predicted octanol–water partition coefficient (Wildman–Crippen LogP) is 2.85. The monoisotopic (exact) mass is 450 g/mol. The highest BCUT2D eigenvalue weighted by molar-refractivity contribution is 6.39. The van der Waals surface area contributed by atoms with Gasteiger partial charge in [-0.05, 0) is 49.4 Å². The van der Waals surface area contributed by atoms with E-state index in [1.807, 2.05) is 18.2 Å². The van der Waals surface area contributed by atoms with Crippen molar-refractivity contribution in [2.24, 2.45) is 0 Å². The maximum absolute atomic E-state index is 12.2. The van der Waals surface area contributed by atoms with Crippen LogP contribution in [-0.2, 0) is 9.59 Å². The third kappa shape index (κ3) is 7.45. The summed E-state index contributed by atoms with van der Waals surface area (Å²) in [5.41, 5.74) is 1.41. The van der Waals surface area contributed by atoms with Crippen LogP contribution in [0.1, 0.15) is 6.42 Å². The van der Waals surface area contributed by atoms with E-state index in [2.05, 4.69) is 37.3 Å². The summed E-state index contributed by atoms with van der Waals surface area (Å²) < 4.78 is 40.2. The lowest BCUT2D eigenvalue weighted by Gasteiger charge is -2.36. The topological polar surface area (TPSA) is 73.9 Å². The highest BCUT2D eigenvalue weighted by Crippen LogP contribution is 2.24. The van der Waals surface area contributed by atoms with Gasteiger partial charge in [0.2, 0.25) is 0 Å². The first kappa shape index (κ1) is 23.4. The van der Waals surface area contributed by atoms with Crippen LogP contribution < -0.4 is 20.3 Å². The molecule has 0 radical (unpaired) electrons. The van der Waals surface area contributed by atoms with Crippen molar-refractivity contribution in [3.63, 3.8) is 0 Å². The van der Waals surface area contributed by atoms with E-state index in [1.165, 1.54) is 17.8 Å². The molecule has 1 heterocycles. The number of nitrogens with zero attached hydrogens (tertiary/aromatic N) is 2. The van der Waals surface area contributed by atoms with Gasteiger partial charge in [0, 0.05) is 44.1 Å². The Balaban J connectivity index is 1.31. The van der Waals surface area contributed by atoms with Crippen molar-refractivity contribution in [3.8, 4) is 5.75 Å². The number of carbonyl (C=O) groups is 2. The second-order valence-corrected chi connectivity index (χ2v) is 7.30. The van der Waals surface area contributed by atoms with Gasteiger partial charge >= 0.3 is 18.2 Å². The van der Waals surface area contributed by atoms with Crippen LogP contribution in [0.3, 0.4) is 0 Å². The second kappa shape index (κ2) is 10.9. The van der Waals surface area contributed by atoms with Gasteiger partial charge in [-0.1, -0.05) is 18.2 Å². The van der Waals surface area contributed by atoms with E-state index in [-0.39, 0.29) is 5.69 Å². The van der Waals surface area contributed by atoms with Gasteiger partial charge in [0.15, 0.2) is 0 Å². The minimum atomic E-state index is -4.79. The van der Waals surface area contributed by atoms with Crippen molar-refractivity contribution in [3.05, 3.63) is 54.6 Å². The molecule has 172 valence electrons. The number of hydrogen-bond donors (Lipinski definition) is 2. The van der Waals surface area contributed by atoms with Crippen molar-refractivity contribution >= 4 is 23.2 Å². The lowest BCUT2D eigenvalue weighted by molar-refractivity contribution is -0.274. The van der Waals surface area contributed by atoms with E-state index in [9.17, 15) is 22.8 Å². The van der Waals surface area contributed by atoms with E-state index in [0.29, 0.717) is 13.0 Å². The Hall–Kier alpha value is -3.27. The normalized spacial score (nSPS) is 14.7.